The van der Waals surface area contributed by atoms with Crippen molar-refractivity contribution in [2.45, 2.75) is 50.6 Å². The number of hydrogen-bond donors (Lipinski definition) is 2. The van der Waals surface area contributed by atoms with Gasteiger partial charge in [-0.1, -0.05) is 0 Å². The fraction of sp³-hybridized carbons (Fsp3) is 0.706. The fourth-order valence-electron chi connectivity index (χ4n) is 5.38. The highest BCUT2D eigenvalue weighted by Crippen LogP contribution is 2.55. The summed E-state index contributed by atoms with van der Waals surface area (Å²) in [6.45, 7) is 1.24. The topological polar surface area (TPSA) is 58.9 Å². The number of quaternary nitrogens is 1. The Kier molecular flexibility index (Phi) is 3.29. The molecule has 1 amide bonds. The second kappa shape index (κ2) is 5.16. The van der Waals surface area contributed by atoms with Crippen molar-refractivity contribution in [1.82, 2.24) is 5.32 Å². The van der Waals surface area contributed by atoms with Gasteiger partial charge in [0.05, 0.1) is 6.26 Å². The number of carbonyl (C=O) groups is 1. The van der Waals surface area contributed by atoms with Gasteiger partial charge < -0.3 is 15.1 Å². The Morgan fingerprint density at radius 1 is 1.24 bits per heavy atom. The van der Waals surface area contributed by atoms with E-state index >= 15 is 0 Å². The number of amides is 1. The lowest BCUT2D eigenvalue weighted by molar-refractivity contribution is -0.661. The highest BCUT2D eigenvalue weighted by molar-refractivity contribution is 5.77. The summed E-state index contributed by atoms with van der Waals surface area (Å²) in [5.74, 6) is 3.76. The van der Waals surface area contributed by atoms with Crippen LogP contribution in [0.25, 0.3) is 0 Å². The molecule has 3 N–H and O–H groups in total. The molecule has 0 spiro atoms. The van der Waals surface area contributed by atoms with Crippen LogP contribution in [0, 0.1) is 17.8 Å². The summed E-state index contributed by atoms with van der Waals surface area (Å²) >= 11 is 0. The lowest BCUT2D eigenvalue weighted by atomic mass is 9.53. The van der Waals surface area contributed by atoms with E-state index in [9.17, 15) is 4.79 Å². The molecule has 0 aliphatic heterocycles. The third-order valence-corrected chi connectivity index (χ3v) is 5.70. The first-order valence-corrected chi connectivity index (χ1v) is 8.36. The molecule has 21 heavy (non-hydrogen) atoms. The molecule has 4 aliphatic rings. The van der Waals surface area contributed by atoms with Gasteiger partial charge in [-0.2, -0.15) is 0 Å². The molecule has 0 atom stereocenters. The zero-order valence-electron chi connectivity index (χ0n) is 12.5. The van der Waals surface area contributed by atoms with Crippen LogP contribution >= 0.6 is 0 Å². The van der Waals surface area contributed by atoms with Crippen LogP contribution in [0.2, 0.25) is 0 Å². The van der Waals surface area contributed by atoms with E-state index in [2.05, 4.69) is 5.32 Å². The van der Waals surface area contributed by atoms with Gasteiger partial charge in [-0.05, 0) is 68.4 Å². The summed E-state index contributed by atoms with van der Waals surface area (Å²) < 4.78 is 5.29. The van der Waals surface area contributed by atoms with Gasteiger partial charge in [0.25, 0.3) is 5.91 Å². The summed E-state index contributed by atoms with van der Waals surface area (Å²) in [7, 11) is 0. The Balaban J connectivity index is 1.30. The molecular formula is C17H25N2O2+. The van der Waals surface area contributed by atoms with Crippen molar-refractivity contribution < 1.29 is 14.5 Å². The largest absolute Gasteiger partial charge is 0.463 e. The maximum absolute atomic E-state index is 12.3. The van der Waals surface area contributed by atoms with E-state index in [1.807, 2.05) is 17.4 Å². The first kappa shape index (κ1) is 13.4. The monoisotopic (exact) mass is 289 g/mol. The Bertz CT molecular complexity index is 474. The van der Waals surface area contributed by atoms with E-state index in [0.717, 1.165) is 30.1 Å². The van der Waals surface area contributed by atoms with Crippen LogP contribution in [-0.2, 0) is 11.3 Å². The van der Waals surface area contributed by atoms with Crippen LogP contribution in [0.15, 0.2) is 22.8 Å². The summed E-state index contributed by atoms with van der Waals surface area (Å²) in [5, 5.41) is 5.43. The highest BCUT2D eigenvalue weighted by atomic mass is 16.3. The summed E-state index contributed by atoms with van der Waals surface area (Å²) in [4.78, 5) is 12.3. The van der Waals surface area contributed by atoms with Gasteiger partial charge in [0.15, 0.2) is 12.3 Å². The van der Waals surface area contributed by atoms with Crippen molar-refractivity contribution in [3.05, 3.63) is 24.2 Å². The van der Waals surface area contributed by atoms with E-state index in [1.165, 1.54) is 38.5 Å². The number of nitrogens with two attached hydrogens (primary N) is 1. The van der Waals surface area contributed by atoms with Crippen LogP contribution < -0.4 is 10.6 Å². The standard InChI is InChI=1S/C17H24N2O2/c20-16(11-18-10-15-2-1-3-21-15)19-17-7-12-4-13(8-17)6-14(5-12)9-17/h1-3,12-14,18H,4-11H2,(H,19,20)/p+1. The van der Waals surface area contributed by atoms with Crippen molar-refractivity contribution in [2.24, 2.45) is 17.8 Å². The number of carbonyl (C=O) groups excluding carboxylic acids is 1. The molecule has 1 aromatic heterocycles. The molecule has 4 nitrogen and oxygen atoms in total. The number of hydrogen-bond acceptors (Lipinski definition) is 2. The SMILES string of the molecule is O=C(C[NH2+]Cc1ccco1)NC12CC3CC(CC(C3)C1)C2. The number of furan rings is 1. The molecule has 4 saturated carbocycles. The average molecular weight is 289 g/mol. The van der Waals surface area contributed by atoms with Gasteiger partial charge in [0.2, 0.25) is 0 Å². The Morgan fingerprint density at radius 2 is 1.90 bits per heavy atom. The minimum Gasteiger partial charge on any atom is -0.463 e. The van der Waals surface area contributed by atoms with E-state index in [-0.39, 0.29) is 11.4 Å². The lowest BCUT2D eigenvalue weighted by Gasteiger charge is -2.56. The van der Waals surface area contributed by atoms with Gasteiger partial charge in [0.1, 0.15) is 6.54 Å². The van der Waals surface area contributed by atoms with Crippen molar-refractivity contribution in [1.29, 1.82) is 0 Å². The molecule has 0 radical (unpaired) electrons. The first-order valence-electron chi connectivity index (χ1n) is 8.36. The lowest BCUT2D eigenvalue weighted by Crippen LogP contribution is -2.85. The molecule has 0 saturated heterocycles. The minimum atomic E-state index is 0.143. The Hall–Kier alpha value is -1.29. The van der Waals surface area contributed by atoms with Gasteiger partial charge in [-0.25, -0.2) is 0 Å². The summed E-state index contributed by atoms with van der Waals surface area (Å²) in [6.07, 6.45) is 9.60. The Labute approximate surface area is 125 Å². The van der Waals surface area contributed by atoms with Crippen molar-refractivity contribution in [3.8, 4) is 0 Å². The molecule has 4 bridgehead atoms. The highest BCUT2D eigenvalue weighted by Gasteiger charge is 2.51. The van der Waals surface area contributed by atoms with Gasteiger partial charge in [-0.15, -0.1) is 0 Å². The van der Waals surface area contributed by atoms with Crippen LogP contribution in [-0.4, -0.2) is 18.0 Å². The first-order chi connectivity index (χ1) is 10.2. The summed E-state index contributed by atoms with van der Waals surface area (Å²) in [5.41, 5.74) is 0.143. The van der Waals surface area contributed by atoms with Crippen LogP contribution in [0.1, 0.15) is 44.3 Å². The molecule has 5 rings (SSSR count). The minimum absolute atomic E-state index is 0.143. The normalized spacial score (nSPS) is 36.9. The van der Waals surface area contributed by atoms with Crippen LogP contribution in [0.5, 0.6) is 0 Å². The second-order valence-corrected chi connectivity index (χ2v) is 7.52. The third-order valence-electron chi connectivity index (χ3n) is 5.70. The molecular weight excluding hydrogens is 264 g/mol. The Morgan fingerprint density at radius 3 is 2.48 bits per heavy atom. The van der Waals surface area contributed by atoms with E-state index in [0.29, 0.717) is 6.54 Å². The average Bonchev–Trinajstić information content (AvgIpc) is 2.89. The maximum atomic E-state index is 12.3. The predicted octanol–water partition coefficient (Wildman–Crippen LogP) is 1.43. The van der Waals surface area contributed by atoms with Crippen molar-refractivity contribution >= 4 is 5.91 Å². The molecule has 4 fully saturated rings. The van der Waals surface area contributed by atoms with Crippen LogP contribution in [0.3, 0.4) is 0 Å². The second-order valence-electron chi connectivity index (χ2n) is 7.52. The van der Waals surface area contributed by atoms with Crippen molar-refractivity contribution in [2.75, 3.05) is 6.54 Å². The van der Waals surface area contributed by atoms with Gasteiger partial charge in [-0.3, -0.25) is 4.79 Å². The third kappa shape index (κ3) is 2.73. The van der Waals surface area contributed by atoms with Gasteiger partial charge in [0, 0.05) is 5.54 Å². The molecule has 4 heteroatoms. The molecule has 0 unspecified atom stereocenters. The fourth-order valence-corrected chi connectivity index (χ4v) is 5.38. The summed E-state index contributed by atoms with van der Waals surface area (Å²) in [6, 6.07) is 3.84. The quantitative estimate of drug-likeness (QED) is 0.861. The zero-order chi connectivity index (χ0) is 14.3. The molecule has 114 valence electrons. The molecule has 0 aromatic carbocycles. The number of nitrogens with one attached hydrogen (secondary N) is 1. The van der Waals surface area contributed by atoms with E-state index < -0.39 is 0 Å². The van der Waals surface area contributed by atoms with Gasteiger partial charge >= 0.3 is 0 Å². The van der Waals surface area contributed by atoms with Crippen molar-refractivity contribution in [3.63, 3.8) is 0 Å². The number of rotatable bonds is 5. The molecule has 4 aliphatic carbocycles. The predicted molar refractivity (Wildman–Crippen MR) is 78.3 cm³/mol. The smallest absolute Gasteiger partial charge is 0.275 e. The molecule has 1 heterocycles. The van der Waals surface area contributed by atoms with E-state index in [1.54, 1.807) is 6.26 Å². The van der Waals surface area contributed by atoms with Crippen LogP contribution in [0.4, 0.5) is 0 Å². The molecule has 1 aromatic rings. The van der Waals surface area contributed by atoms with E-state index in [4.69, 9.17) is 4.42 Å². The zero-order valence-corrected chi connectivity index (χ0v) is 12.5. The maximum Gasteiger partial charge on any atom is 0.275 e.